The summed E-state index contributed by atoms with van der Waals surface area (Å²) in [6, 6.07) is 0. The molecule has 0 atom stereocenters. The van der Waals surface area contributed by atoms with Crippen LogP contribution in [0.5, 0.6) is 0 Å². The zero-order chi connectivity index (χ0) is 29.9. The number of Topliss-reactive ketones (excluding diaryl/α,β-unsaturated/α-hetero) is 3. The molecule has 0 radical (unpaired) electrons. The number of aliphatic hydroxyl groups excluding tert-OH is 3. The second-order valence-corrected chi connectivity index (χ2v) is 6.98. The number of carbonyl (C=O) groups excluding carboxylic acids is 6. The Morgan fingerprint density at radius 2 is 0.615 bits per heavy atom. The van der Waals surface area contributed by atoms with Crippen LogP contribution in [0.4, 0.5) is 0 Å². The van der Waals surface area contributed by atoms with Gasteiger partial charge in [-0.3, -0.25) is 14.4 Å². The molecule has 0 fully saturated rings. The summed E-state index contributed by atoms with van der Waals surface area (Å²) >= 11 is 0. The fraction of sp³-hybridized carbons (Fsp3) is 0.750. The number of unbranched alkanes of at least 4 members (excludes halogenated alkanes) is 3. The van der Waals surface area contributed by atoms with Gasteiger partial charge in [0.1, 0.15) is 17.3 Å². The number of carbonyl (C=O) groups is 6. The van der Waals surface area contributed by atoms with E-state index in [9.17, 15) is 44.1 Å². The Kier molecular flexibility index (Phi) is 92.6. The molecule has 0 spiro atoms. The molecule has 39 heavy (non-hydrogen) atoms. The molecular formula is C24H45O12Zr3-3. The first kappa shape index (κ1) is 62.5. The topological polar surface area (TPSA) is 232 Å². The first-order chi connectivity index (χ1) is 16.6. The van der Waals surface area contributed by atoms with E-state index in [4.69, 9.17) is 15.3 Å². The Hall–Kier alpha value is -0.0506. The molecule has 0 aromatic carbocycles. The predicted octanol–water partition coefficient (Wildman–Crippen LogP) is -1.52. The van der Waals surface area contributed by atoms with Crippen LogP contribution >= 0.6 is 0 Å². The van der Waals surface area contributed by atoms with E-state index in [0.717, 1.165) is 38.5 Å². The van der Waals surface area contributed by atoms with Crippen molar-refractivity contribution in [1.29, 1.82) is 0 Å². The molecule has 0 aromatic heterocycles. The van der Waals surface area contributed by atoms with Crippen LogP contribution < -0.4 is 15.3 Å². The Labute approximate surface area is 290 Å². The molecule has 228 valence electrons. The van der Waals surface area contributed by atoms with Gasteiger partial charge in [-0.15, -0.1) is 0 Å². The molecule has 0 unspecified atom stereocenters. The van der Waals surface area contributed by atoms with Crippen molar-refractivity contribution in [1.82, 2.24) is 0 Å². The van der Waals surface area contributed by atoms with Crippen LogP contribution in [0.3, 0.4) is 0 Å². The van der Waals surface area contributed by atoms with Crippen molar-refractivity contribution in [2.75, 3.05) is 19.8 Å². The van der Waals surface area contributed by atoms with Crippen molar-refractivity contribution < 1.29 is 138 Å². The van der Waals surface area contributed by atoms with Crippen LogP contribution in [0.2, 0.25) is 0 Å². The Bertz CT molecular complexity index is 442. The van der Waals surface area contributed by atoms with Gasteiger partial charge in [-0.1, -0.05) is 40.0 Å². The van der Waals surface area contributed by atoms with E-state index in [2.05, 4.69) is 20.8 Å². The Morgan fingerprint density at radius 3 is 0.615 bits per heavy atom. The second kappa shape index (κ2) is 57.8. The van der Waals surface area contributed by atoms with Gasteiger partial charge >= 0.3 is 0 Å². The van der Waals surface area contributed by atoms with Crippen LogP contribution in [-0.4, -0.2) is 70.4 Å². The molecule has 0 rings (SSSR count). The minimum Gasteiger partial charge on any atom is -0.550 e. The van der Waals surface area contributed by atoms with Gasteiger partial charge in [-0.25, -0.2) is 0 Å². The number of carboxylic acid groups (broad SMARTS) is 3. The van der Waals surface area contributed by atoms with Gasteiger partial charge in [0.05, 0.1) is 0 Å². The first-order valence-corrected chi connectivity index (χ1v) is 11.5. The summed E-state index contributed by atoms with van der Waals surface area (Å²) < 4.78 is 0. The van der Waals surface area contributed by atoms with E-state index in [-0.39, 0.29) is 96.0 Å². The van der Waals surface area contributed by atoms with E-state index in [1.807, 2.05) is 0 Å². The maximum atomic E-state index is 9.83. The number of aliphatic carboxylic acids is 3. The third-order valence-electron chi connectivity index (χ3n) is 2.71. The van der Waals surface area contributed by atoms with Crippen molar-refractivity contribution in [2.45, 2.75) is 99.3 Å². The van der Waals surface area contributed by atoms with Crippen LogP contribution in [0, 0.1) is 0 Å². The van der Waals surface area contributed by atoms with Crippen molar-refractivity contribution in [2.24, 2.45) is 0 Å². The maximum Gasteiger partial charge on any atom is 0.135 e. The first-order valence-electron chi connectivity index (χ1n) is 11.5. The average Bonchev–Trinajstić information content (AvgIpc) is 2.69. The minimum atomic E-state index is -1.31. The van der Waals surface area contributed by atoms with Gasteiger partial charge in [-0.2, -0.15) is 0 Å². The van der Waals surface area contributed by atoms with Gasteiger partial charge in [-0.05, 0) is 40.0 Å². The molecular weight excluding hydrogens is 754 g/mol. The zero-order valence-corrected chi connectivity index (χ0v) is 31.4. The number of carboxylic acids is 3. The maximum absolute atomic E-state index is 9.83. The smallest absolute Gasteiger partial charge is 0.135 e. The SMILES string of the molecule is CC(=O)CC(=O)[O-].CC(=O)CC(=O)[O-].CC(=O)CC(=O)[O-].CCCCO.CCCCO.CCCCO.[Zr].[Zr].[Zr]. The van der Waals surface area contributed by atoms with E-state index in [1.165, 1.54) is 20.8 Å². The number of rotatable bonds is 12. The monoisotopic (exact) mass is 795 g/mol. The van der Waals surface area contributed by atoms with Gasteiger partial charge in [0.15, 0.2) is 0 Å². The number of ketones is 3. The van der Waals surface area contributed by atoms with E-state index >= 15 is 0 Å². The van der Waals surface area contributed by atoms with Crippen molar-refractivity contribution in [3.63, 3.8) is 0 Å². The van der Waals surface area contributed by atoms with Crippen LogP contribution in [-0.2, 0) is 107 Å². The second-order valence-electron chi connectivity index (χ2n) is 6.98. The predicted molar refractivity (Wildman–Crippen MR) is 127 cm³/mol. The molecule has 0 aliphatic heterocycles. The molecule has 0 aliphatic carbocycles. The summed E-state index contributed by atoms with van der Waals surface area (Å²) in [5.74, 6) is -5.06. The fourth-order valence-electron chi connectivity index (χ4n) is 1.08. The fourth-order valence-corrected chi connectivity index (χ4v) is 1.08. The molecule has 0 amide bonds. The summed E-state index contributed by atoms with van der Waals surface area (Å²) in [5, 5.41) is 52.6. The quantitative estimate of drug-likeness (QED) is 0.191. The van der Waals surface area contributed by atoms with Crippen LogP contribution in [0.15, 0.2) is 0 Å². The molecule has 0 aromatic rings. The molecule has 12 nitrogen and oxygen atoms in total. The largest absolute Gasteiger partial charge is 0.550 e. The van der Waals surface area contributed by atoms with Gasteiger partial charge in [0.25, 0.3) is 0 Å². The summed E-state index contributed by atoms with van der Waals surface area (Å²) in [7, 11) is 0. The van der Waals surface area contributed by atoms with E-state index < -0.39 is 37.2 Å². The molecule has 3 N–H and O–H groups in total. The van der Waals surface area contributed by atoms with Crippen molar-refractivity contribution in [3.8, 4) is 0 Å². The van der Waals surface area contributed by atoms with Crippen LogP contribution in [0.25, 0.3) is 0 Å². The molecule has 0 heterocycles. The third-order valence-corrected chi connectivity index (χ3v) is 2.71. The molecule has 0 saturated heterocycles. The van der Waals surface area contributed by atoms with E-state index in [0.29, 0.717) is 19.8 Å². The minimum absolute atomic E-state index is 0. The zero-order valence-electron chi connectivity index (χ0n) is 24.0. The third kappa shape index (κ3) is 152. The molecule has 0 saturated carbocycles. The number of hydrogen-bond acceptors (Lipinski definition) is 12. The summed E-state index contributed by atoms with van der Waals surface area (Å²) in [6.45, 7) is 10.8. The van der Waals surface area contributed by atoms with Gasteiger partial charge in [0.2, 0.25) is 0 Å². The van der Waals surface area contributed by atoms with E-state index in [1.54, 1.807) is 0 Å². The standard InChI is InChI=1S/3C4H6O3.3C4H10O.3Zr/c3*1-3(5)2-4(6)7;3*1-2-3-4-5;;;/h3*2H2,1H3,(H,6,7);3*5H,2-4H2,1H3;;;/p-3. The summed E-state index contributed by atoms with van der Waals surface area (Å²) in [6.07, 6.45) is 4.70. The summed E-state index contributed by atoms with van der Waals surface area (Å²) in [5.41, 5.74) is 0. The molecule has 0 bridgehead atoms. The van der Waals surface area contributed by atoms with Crippen molar-refractivity contribution in [3.05, 3.63) is 0 Å². The number of aliphatic hydroxyl groups is 3. The molecule has 15 heteroatoms. The molecule has 0 aliphatic rings. The van der Waals surface area contributed by atoms with Gasteiger partial charge in [0, 0.05) is 136 Å². The summed E-state index contributed by atoms with van der Waals surface area (Å²) in [4.78, 5) is 57.9. The normalized spacial score (nSPS) is 7.62. The van der Waals surface area contributed by atoms with Gasteiger partial charge < -0.3 is 45.0 Å². The average molecular weight is 799 g/mol. The Morgan fingerprint density at radius 1 is 0.462 bits per heavy atom. The van der Waals surface area contributed by atoms with Crippen LogP contribution in [0.1, 0.15) is 99.3 Å². The number of hydrogen-bond donors (Lipinski definition) is 3. The van der Waals surface area contributed by atoms with Crippen molar-refractivity contribution >= 4 is 35.3 Å². The Balaban J connectivity index is -0.0000000392.